The minimum atomic E-state index is -3.43. The number of aliphatic carboxylic acids is 1. The lowest BCUT2D eigenvalue weighted by atomic mass is 9.87. The van der Waals surface area contributed by atoms with E-state index in [0.29, 0.717) is 0 Å². The van der Waals surface area contributed by atoms with Crippen LogP contribution in [0.2, 0.25) is 0 Å². The second kappa shape index (κ2) is 27.1. The summed E-state index contributed by atoms with van der Waals surface area (Å²) in [5, 5.41) is 209. The topological polar surface area (TPSA) is 561 Å². The maximum atomic E-state index is 13.8. The van der Waals surface area contributed by atoms with E-state index in [1.807, 2.05) is 0 Å². The number of carbonyl (C=O) groups is 3. The lowest BCUT2D eigenvalue weighted by molar-refractivity contribution is -0.393. The molecule has 452 valence electrons. The van der Waals surface area contributed by atoms with Crippen molar-refractivity contribution in [2.45, 2.75) is 217 Å². The van der Waals surface area contributed by atoms with Crippen LogP contribution in [0.4, 0.5) is 0 Å². The third-order valence-electron chi connectivity index (χ3n) is 14.2. The minimum Gasteiger partial charge on any atom is -0.477 e. The fraction of sp³-hybridized carbons (Fsp3) is 0.930. The molecule has 0 aromatic heterocycles. The van der Waals surface area contributed by atoms with E-state index < -0.39 is 247 Å². The molecule has 31 atom stereocenters. The number of carboxylic acid groups (broad SMARTS) is 1. The molecule has 0 aromatic carbocycles. The molecule has 35 heteroatoms. The third-order valence-corrected chi connectivity index (χ3v) is 14.2. The molecule has 21 N–H and O–H groups in total. The molecule has 6 saturated heterocycles. The average Bonchev–Trinajstić information content (AvgIpc) is 3.43. The molecule has 0 saturated carbocycles. The minimum absolute atomic E-state index is 0.922. The van der Waals surface area contributed by atoms with E-state index in [2.05, 4.69) is 10.6 Å². The quantitative estimate of drug-likeness (QED) is 0.0538. The number of nitrogens with one attached hydrogen (secondary N) is 2. The SMILES string of the molecule is CC(=O)N[C@H]1[C@H](O[C@H]2C[C@](O[C@H]3[C@@H](O)[C@@H](CO)O[C@@H](O[C@H]4[C@H](O)[C@@H](O)[C@H](O)O[C@@H]4CO)[C@@H]3O)(C(=O)O)O[C@@H]([C@H](O)[C@H](O)CO)[C@@H]2NC(C)=O)O[C@H](CO)[C@H](O)[C@@H]1O[C@@H]1O[C@H](CO)[C@H](O)[C@H](O)[C@H]1O[C@H]1O[C@@H](C)[C@@H](O)[C@@H](O)[C@@H]1O. The molecular formula is C43H72N2O33. The average molecular weight is 1150 g/mol. The van der Waals surface area contributed by atoms with E-state index in [1.165, 1.54) is 6.92 Å². The summed E-state index contributed by atoms with van der Waals surface area (Å²) in [4.78, 5) is 39.7. The standard InChI is InChI=1S/C43H72N2O33/c1-10-21(54)26(59)30(63)39(68-10)76-36-27(60)23(56)15(6-47)73-41(36)75-33-20(45-12(3)52)38(71-16(7-48)24(33)57)70-14-4-43(42(66)67,77-34(19(14)44-11(2)51)22(55)13(53)5-46)78-35-25(58)17(8-49)72-40(31(35)64)74-32-18(9-50)69-37(65)29(62)28(32)61/h10,13-41,46-50,53-65H,4-9H2,1-3H3,(H,44,51)(H,45,52)(H,66,67)/t10-,13+,14-,15+,16+,17+,18+,19+,20+,21+,22+,23-,24-,25-,26+,27-,28+,29+,30-,31+,32+,33+,34+,35-,36+,37+,38+,39+,40-,41-,43-/m0/s1. The summed E-state index contributed by atoms with van der Waals surface area (Å²) in [7, 11) is 0. The van der Waals surface area contributed by atoms with Gasteiger partial charge in [0.1, 0.15) is 134 Å². The smallest absolute Gasteiger partial charge is 0.364 e. The molecule has 0 spiro atoms. The van der Waals surface area contributed by atoms with Crippen LogP contribution in [0.25, 0.3) is 0 Å². The maximum Gasteiger partial charge on any atom is 0.364 e. The summed E-state index contributed by atoms with van der Waals surface area (Å²) < 4.78 is 63.4. The molecule has 0 bridgehead atoms. The van der Waals surface area contributed by atoms with Gasteiger partial charge >= 0.3 is 5.97 Å². The van der Waals surface area contributed by atoms with E-state index in [-0.39, 0.29) is 0 Å². The Morgan fingerprint density at radius 3 is 1.59 bits per heavy atom. The van der Waals surface area contributed by atoms with Gasteiger partial charge in [-0.2, -0.15) is 0 Å². The molecular weight excluding hydrogens is 1070 g/mol. The Morgan fingerprint density at radius 1 is 0.526 bits per heavy atom. The van der Waals surface area contributed by atoms with Crippen LogP contribution in [-0.2, 0) is 66.5 Å². The normalized spacial score (nSPS) is 48.1. The van der Waals surface area contributed by atoms with E-state index in [9.17, 15) is 111 Å². The van der Waals surface area contributed by atoms with Crippen LogP contribution in [-0.4, -0.2) is 338 Å². The molecule has 35 nitrogen and oxygen atoms in total. The van der Waals surface area contributed by atoms with Gasteiger partial charge in [0.05, 0.1) is 51.3 Å². The van der Waals surface area contributed by atoms with Gasteiger partial charge in [-0.1, -0.05) is 0 Å². The molecule has 6 aliphatic rings. The lowest BCUT2D eigenvalue weighted by Crippen LogP contribution is -2.73. The van der Waals surface area contributed by atoms with Crippen LogP contribution in [0.5, 0.6) is 0 Å². The summed E-state index contributed by atoms with van der Waals surface area (Å²) >= 11 is 0. The molecule has 6 aliphatic heterocycles. The van der Waals surface area contributed by atoms with Crippen LogP contribution in [0.3, 0.4) is 0 Å². The summed E-state index contributed by atoms with van der Waals surface area (Å²) in [6.45, 7) is -2.40. The van der Waals surface area contributed by atoms with Crippen molar-refractivity contribution in [3.63, 3.8) is 0 Å². The van der Waals surface area contributed by atoms with Crippen molar-refractivity contribution in [3.05, 3.63) is 0 Å². The molecule has 0 unspecified atom stereocenters. The fourth-order valence-electron chi connectivity index (χ4n) is 9.93. The fourth-order valence-corrected chi connectivity index (χ4v) is 9.93. The van der Waals surface area contributed by atoms with Crippen molar-refractivity contribution in [1.29, 1.82) is 0 Å². The zero-order chi connectivity index (χ0) is 58.0. The first-order valence-corrected chi connectivity index (χ1v) is 24.6. The van der Waals surface area contributed by atoms with E-state index >= 15 is 0 Å². The van der Waals surface area contributed by atoms with Crippen molar-refractivity contribution >= 4 is 17.8 Å². The van der Waals surface area contributed by atoms with Crippen molar-refractivity contribution in [3.8, 4) is 0 Å². The Hall–Kier alpha value is -2.75. The van der Waals surface area contributed by atoms with Crippen LogP contribution < -0.4 is 10.6 Å². The summed E-state index contributed by atoms with van der Waals surface area (Å²) in [6.07, 6.45) is -58.3. The second-order valence-corrected chi connectivity index (χ2v) is 19.6. The highest BCUT2D eigenvalue weighted by molar-refractivity contribution is 5.77. The van der Waals surface area contributed by atoms with E-state index in [0.717, 1.165) is 13.8 Å². The summed E-state index contributed by atoms with van der Waals surface area (Å²) in [5.41, 5.74) is 0. The Bertz CT molecular complexity index is 1950. The van der Waals surface area contributed by atoms with Gasteiger partial charge < -0.3 is 160 Å². The van der Waals surface area contributed by atoms with Gasteiger partial charge in [0, 0.05) is 20.3 Å². The van der Waals surface area contributed by atoms with Crippen LogP contribution in [0.1, 0.15) is 27.2 Å². The number of aliphatic hydroxyl groups excluding tert-OH is 18. The van der Waals surface area contributed by atoms with Gasteiger partial charge in [-0.05, 0) is 6.92 Å². The predicted molar refractivity (Wildman–Crippen MR) is 238 cm³/mol. The highest BCUT2D eigenvalue weighted by atomic mass is 16.8. The van der Waals surface area contributed by atoms with E-state index in [1.54, 1.807) is 0 Å². The molecule has 6 heterocycles. The van der Waals surface area contributed by atoms with Crippen molar-refractivity contribution in [2.24, 2.45) is 0 Å². The Kier molecular flexibility index (Phi) is 22.4. The molecule has 6 fully saturated rings. The number of hydrogen-bond acceptors (Lipinski definition) is 32. The van der Waals surface area contributed by atoms with Gasteiger partial charge in [0.25, 0.3) is 5.79 Å². The number of rotatable bonds is 20. The third kappa shape index (κ3) is 13.5. The van der Waals surface area contributed by atoms with Gasteiger partial charge in [0.15, 0.2) is 31.5 Å². The van der Waals surface area contributed by atoms with E-state index in [4.69, 9.17) is 52.1 Å². The number of hydrogen-bond donors (Lipinski definition) is 21. The molecule has 0 aliphatic carbocycles. The van der Waals surface area contributed by atoms with Crippen molar-refractivity contribution in [2.75, 3.05) is 33.0 Å². The largest absolute Gasteiger partial charge is 0.477 e. The summed E-state index contributed by atoms with van der Waals surface area (Å²) in [5.74, 6) is -7.55. The number of amides is 2. The lowest BCUT2D eigenvalue weighted by Gasteiger charge is -2.53. The number of ether oxygens (including phenoxy) is 11. The van der Waals surface area contributed by atoms with Gasteiger partial charge in [-0.3, -0.25) is 9.59 Å². The van der Waals surface area contributed by atoms with Crippen molar-refractivity contribution in [1.82, 2.24) is 10.6 Å². The maximum absolute atomic E-state index is 13.8. The molecule has 0 aromatic rings. The first kappa shape index (κ1) is 64.4. The monoisotopic (exact) mass is 1140 g/mol. The first-order valence-electron chi connectivity index (χ1n) is 24.6. The number of carboxylic acids is 1. The number of aliphatic hydroxyl groups is 18. The van der Waals surface area contributed by atoms with Crippen LogP contribution in [0.15, 0.2) is 0 Å². The van der Waals surface area contributed by atoms with Gasteiger partial charge in [-0.15, -0.1) is 0 Å². The number of carbonyl (C=O) groups excluding carboxylic acids is 2. The molecule has 2 amide bonds. The Balaban J connectivity index is 1.40. The molecule has 0 radical (unpaired) electrons. The zero-order valence-corrected chi connectivity index (χ0v) is 41.8. The summed E-state index contributed by atoms with van der Waals surface area (Å²) in [6, 6.07) is -3.88. The molecule has 6 rings (SSSR count). The Morgan fingerprint density at radius 2 is 1.03 bits per heavy atom. The van der Waals surface area contributed by atoms with Gasteiger partial charge in [0.2, 0.25) is 11.8 Å². The highest BCUT2D eigenvalue weighted by Gasteiger charge is 2.62. The van der Waals surface area contributed by atoms with Crippen LogP contribution >= 0.6 is 0 Å². The highest BCUT2D eigenvalue weighted by Crippen LogP contribution is 2.41. The molecule has 78 heavy (non-hydrogen) atoms. The van der Waals surface area contributed by atoms with Crippen molar-refractivity contribution < 1.29 is 164 Å². The first-order chi connectivity index (χ1) is 36.7. The zero-order valence-electron chi connectivity index (χ0n) is 41.8. The predicted octanol–water partition coefficient (Wildman–Crippen LogP) is -13.6. The Labute approximate surface area is 441 Å². The second-order valence-electron chi connectivity index (χ2n) is 19.6. The van der Waals surface area contributed by atoms with Crippen LogP contribution in [0, 0.1) is 0 Å². The van der Waals surface area contributed by atoms with Gasteiger partial charge in [-0.25, -0.2) is 4.79 Å².